The first-order valence-electron chi connectivity index (χ1n) is 9.60. The van der Waals surface area contributed by atoms with Gasteiger partial charge in [0.25, 0.3) is 0 Å². The topological polar surface area (TPSA) is 44.2 Å². The van der Waals surface area contributed by atoms with Crippen LogP contribution in [0.1, 0.15) is 57.5 Å². The lowest BCUT2D eigenvalue weighted by Crippen LogP contribution is -2.16. The lowest BCUT2D eigenvalue weighted by molar-refractivity contribution is -0.141. The van der Waals surface area contributed by atoms with Gasteiger partial charge in [-0.3, -0.25) is 0 Å². The summed E-state index contributed by atoms with van der Waals surface area (Å²) in [5.74, 6) is 0.642. The number of nitrogens with zero attached hydrogens (tertiary/aromatic N) is 2. The van der Waals surface area contributed by atoms with Crippen LogP contribution in [0.15, 0.2) is 18.2 Å². The van der Waals surface area contributed by atoms with Crippen LogP contribution >= 0.6 is 0 Å². The maximum absolute atomic E-state index is 13.0. The molecule has 0 saturated carbocycles. The number of rotatable bonds is 8. The molecule has 7 heteroatoms. The van der Waals surface area contributed by atoms with Gasteiger partial charge in [0.1, 0.15) is 11.4 Å². The largest absolute Gasteiger partial charge is 0.489 e. The molecule has 2 aromatic rings. The van der Waals surface area contributed by atoms with Crippen LogP contribution in [0, 0.1) is 0 Å². The van der Waals surface area contributed by atoms with Gasteiger partial charge < -0.3 is 9.47 Å². The maximum atomic E-state index is 13.0. The average molecular weight is 396 g/mol. The number of ether oxygens (including phenoxy) is 2. The van der Waals surface area contributed by atoms with Crippen molar-refractivity contribution in [3.05, 3.63) is 35.2 Å². The molecule has 28 heavy (non-hydrogen) atoms. The fourth-order valence-corrected chi connectivity index (χ4v) is 3.00. The molecule has 0 bridgehead atoms. The number of aromatic nitrogens is 2. The van der Waals surface area contributed by atoms with Gasteiger partial charge in [0.05, 0.1) is 30.2 Å². The van der Waals surface area contributed by atoms with Crippen molar-refractivity contribution < 1.29 is 22.6 Å². The Morgan fingerprint density at radius 3 is 2.18 bits per heavy atom. The van der Waals surface area contributed by atoms with Crippen molar-refractivity contribution in [2.45, 2.75) is 65.7 Å². The molecule has 2 heterocycles. The Kier molecular flexibility index (Phi) is 7.27. The summed E-state index contributed by atoms with van der Waals surface area (Å²) >= 11 is 0. The normalized spacial score (nSPS) is 11.8. The van der Waals surface area contributed by atoms with Crippen LogP contribution in [0.25, 0.3) is 11.3 Å². The Labute approximate surface area is 164 Å². The van der Waals surface area contributed by atoms with Gasteiger partial charge in [-0.1, -0.05) is 27.7 Å². The highest BCUT2D eigenvalue weighted by Gasteiger charge is 2.33. The summed E-state index contributed by atoms with van der Waals surface area (Å²) in [7, 11) is 1.31. The summed E-state index contributed by atoms with van der Waals surface area (Å²) in [6, 6.07) is 4.27. The monoisotopic (exact) mass is 396 g/mol. The number of alkyl halides is 3. The van der Waals surface area contributed by atoms with Crippen molar-refractivity contribution in [1.82, 2.24) is 9.97 Å². The van der Waals surface area contributed by atoms with E-state index < -0.39 is 11.9 Å². The number of methoxy groups -OCH3 is 1. The minimum atomic E-state index is -4.53. The van der Waals surface area contributed by atoms with Crippen molar-refractivity contribution in [1.29, 1.82) is 0 Å². The van der Waals surface area contributed by atoms with Crippen molar-refractivity contribution in [3.8, 4) is 22.9 Å². The van der Waals surface area contributed by atoms with E-state index in [1.807, 2.05) is 19.9 Å². The molecule has 0 aliphatic carbocycles. The summed E-state index contributed by atoms with van der Waals surface area (Å²) < 4.78 is 50.3. The molecular formula is C21H27F3N2O2. The van der Waals surface area contributed by atoms with Crippen LogP contribution in [0.4, 0.5) is 13.2 Å². The van der Waals surface area contributed by atoms with Crippen molar-refractivity contribution in [2.24, 2.45) is 0 Å². The molecule has 0 amide bonds. The van der Waals surface area contributed by atoms with E-state index in [1.54, 1.807) is 0 Å². The predicted molar refractivity (Wildman–Crippen MR) is 103 cm³/mol. The SMILES string of the molecule is CCc1cc(OC(CC)CC)c(CC)nc1-c1ccc(C(F)(F)F)nc1OC. The maximum Gasteiger partial charge on any atom is 0.433 e. The molecule has 0 aliphatic heterocycles. The van der Waals surface area contributed by atoms with E-state index >= 15 is 0 Å². The van der Waals surface area contributed by atoms with Gasteiger partial charge in [0.2, 0.25) is 5.88 Å². The molecule has 0 atom stereocenters. The summed E-state index contributed by atoms with van der Waals surface area (Å²) in [4.78, 5) is 8.38. The molecule has 0 aromatic carbocycles. The first kappa shape index (κ1) is 22.0. The first-order chi connectivity index (χ1) is 13.3. The van der Waals surface area contributed by atoms with Crippen LogP contribution in [-0.2, 0) is 19.0 Å². The standard InChI is InChI=1S/C21H27F3N2O2/c1-6-13-12-17(28-14(7-2)8-3)16(9-4)25-19(13)15-10-11-18(21(22,23)24)26-20(15)27-5/h10-12,14H,6-9H2,1-5H3. The highest BCUT2D eigenvalue weighted by atomic mass is 19.4. The lowest BCUT2D eigenvalue weighted by atomic mass is 10.0. The van der Waals surface area contributed by atoms with E-state index in [-0.39, 0.29) is 12.0 Å². The lowest BCUT2D eigenvalue weighted by Gasteiger charge is -2.20. The molecule has 0 fully saturated rings. The highest BCUT2D eigenvalue weighted by molar-refractivity contribution is 5.69. The second kappa shape index (κ2) is 9.26. The van der Waals surface area contributed by atoms with E-state index in [4.69, 9.17) is 14.5 Å². The van der Waals surface area contributed by atoms with Gasteiger partial charge in [-0.15, -0.1) is 0 Å². The molecule has 0 saturated heterocycles. The fraction of sp³-hybridized carbons (Fsp3) is 0.524. The number of hydrogen-bond donors (Lipinski definition) is 0. The summed E-state index contributed by atoms with van der Waals surface area (Å²) in [5.41, 5.74) is 1.67. The summed E-state index contributed by atoms with van der Waals surface area (Å²) in [5, 5.41) is 0. The molecule has 0 N–H and O–H groups in total. The number of pyridine rings is 2. The Morgan fingerprint density at radius 2 is 1.68 bits per heavy atom. The van der Waals surface area contributed by atoms with E-state index in [1.165, 1.54) is 13.2 Å². The molecule has 0 spiro atoms. The summed E-state index contributed by atoms with van der Waals surface area (Å²) in [6.07, 6.45) is -1.36. The van der Waals surface area contributed by atoms with Gasteiger partial charge in [-0.05, 0) is 49.4 Å². The van der Waals surface area contributed by atoms with Crippen molar-refractivity contribution >= 4 is 0 Å². The highest BCUT2D eigenvalue weighted by Crippen LogP contribution is 2.37. The minimum absolute atomic E-state index is 0.0901. The Balaban J connectivity index is 2.59. The van der Waals surface area contributed by atoms with Gasteiger partial charge in [0.15, 0.2) is 0 Å². The van der Waals surface area contributed by atoms with Crippen LogP contribution in [0.3, 0.4) is 0 Å². The Bertz CT molecular complexity index is 803. The second-order valence-electron chi connectivity index (χ2n) is 6.46. The van der Waals surface area contributed by atoms with E-state index in [2.05, 4.69) is 18.8 Å². The first-order valence-corrected chi connectivity index (χ1v) is 9.60. The smallest absolute Gasteiger partial charge is 0.433 e. The molecule has 4 nitrogen and oxygen atoms in total. The van der Waals surface area contributed by atoms with Crippen molar-refractivity contribution in [3.63, 3.8) is 0 Å². The number of hydrogen-bond acceptors (Lipinski definition) is 4. The number of halogens is 3. The molecule has 0 radical (unpaired) electrons. The van der Waals surface area contributed by atoms with Gasteiger partial charge in [-0.25, -0.2) is 9.97 Å². The quantitative estimate of drug-likeness (QED) is 0.560. The van der Waals surface area contributed by atoms with Gasteiger partial charge in [0, 0.05) is 0 Å². The Hall–Kier alpha value is -2.31. The fourth-order valence-electron chi connectivity index (χ4n) is 3.00. The van der Waals surface area contributed by atoms with Crippen LogP contribution in [0.5, 0.6) is 11.6 Å². The third-order valence-corrected chi connectivity index (χ3v) is 4.66. The van der Waals surface area contributed by atoms with Gasteiger partial charge >= 0.3 is 6.18 Å². The zero-order chi connectivity index (χ0) is 20.9. The van der Waals surface area contributed by atoms with E-state index in [9.17, 15) is 13.2 Å². The Morgan fingerprint density at radius 1 is 1.00 bits per heavy atom. The molecular weight excluding hydrogens is 369 g/mol. The predicted octanol–water partition coefficient (Wildman–Crippen LogP) is 5.86. The molecule has 0 aliphatic rings. The zero-order valence-electron chi connectivity index (χ0n) is 17.0. The zero-order valence-corrected chi connectivity index (χ0v) is 17.0. The second-order valence-corrected chi connectivity index (χ2v) is 6.46. The molecule has 154 valence electrons. The molecule has 0 unspecified atom stereocenters. The summed E-state index contributed by atoms with van der Waals surface area (Å²) in [6.45, 7) is 8.08. The van der Waals surface area contributed by atoms with Crippen LogP contribution in [-0.4, -0.2) is 23.2 Å². The van der Waals surface area contributed by atoms with E-state index in [0.717, 1.165) is 35.9 Å². The molecule has 2 rings (SSSR count). The van der Waals surface area contributed by atoms with Crippen LogP contribution < -0.4 is 9.47 Å². The number of aryl methyl sites for hydroxylation is 2. The van der Waals surface area contributed by atoms with Crippen LogP contribution in [0.2, 0.25) is 0 Å². The molecule has 2 aromatic heterocycles. The third-order valence-electron chi connectivity index (χ3n) is 4.66. The minimum Gasteiger partial charge on any atom is -0.489 e. The average Bonchev–Trinajstić information content (AvgIpc) is 2.70. The van der Waals surface area contributed by atoms with E-state index in [0.29, 0.717) is 24.1 Å². The van der Waals surface area contributed by atoms with Gasteiger partial charge in [-0.2, -0.15) is 13.2 Å². The van der Waals surface area contributed by atoms with Crippen molar-refractivity contribution in [2.75, 3.05) is 7.11 Å². The third kappa shape index (κ3) is 4.75.